The Hall–Kier alpha value is -2.81. The van der Waals surface area contributed by atoms with Gasteiger partial charge in [-0.15, -0.1) is 0 Å². The number of carbonyl (C=O) groups is 3. The minimum absolute atomic E-state index is 0.0286. The van der Waals surface area contributed by atoms with Crippen molar-refractivity contribution >= 4 is 29.3 Å². The van der Waals surface area contributed by atoms with Crippen LogP contribution in [0, 0.1) is 5.92 Å². The van der Waals surface area contributed by atoms with Crippen molar-refractivity contribution in [3.05, 3.63) is 23.8 Å². The molecule has 2 rings (SSSR count). The van der Waals surface area contributed by atoms with Gasteiger partial charge in [0.15, 0.2) is 0 Å². The van der Waals surface area contributed by atoms with E-state index < -0.39 is 30.0 Å². The summed E-state index contributed by atoms with van der Waals surface area (Å²) in [5.74, 6) is -1.24. The maximum Gasteiger partial charge on any atom is 0.405 e. The second-order valence-electron chi connectivity index (χ2n) is 6.99. The SMILES string of the molecule is CC(NC(=O)C(NC(=O)O)C(C)C)C(=O)Nc1ccc2c(c1)NC(CO)C2. The van der Waals surface area contributed by atoms with E-state index in [1.165, 1.54) is 6.92 Å². The summed E-state index contributed by atoms with van der Waals surface area (Å²) in [6.45, 7) is 4.98. The number of nitrogens with one attached hydrogen (secondary N) is 4. The predicted octanol–water partition coefficient (Wildman–Crippen LogP) is 0.751. The Morgan fingerprint density at radius 2 is 1.89 bits per heavy atom. The molecule has 0 saturated heterocycles. The smallest absolute Gasteiger partial charge is 0.405 e. The van der Waals surface area contributed by atoms with Crippen LogP contribution in [0.2, 0.25) is 0 Å². The van der Waals surface area contributed by atoms with E-state index in [4.69, 9.17) is 5.11 Å². The third-order valence-electron chi connectivity index (χ3n) is 4.40. The first kappa shape index (κ1) is 20.5. The van der Waals surface area contributed by atoms with Gasteiger partial charge in [-0.3, -0.25) is 9.59 Å². The molecule has 148 valence electrons. The Morgan fingerprint density at radius 3 is 2.48 bits per heavy atom. The van der Waals surface area contributed by atoms with Crippen LogP contribution in [-0.4, -0.2) is 52.9 Å². The first-order valence-electron chi connectivity index (χ1n) is 8.82. The summed E-state index contributed by atoms with van der Waals surface area (Å²) >= 11 is 0. The number of aliphatic hydroxyl groups excluding tert-OH is 1. The molecule has 1 heterocycles. The number of aliphatic hydroxyl groups is 1. The second-order valence-corrected chi connectivity index (χ2v) is 6.99. The summed E-state index contributed by atoms with van der Waals surface area (Å²) in [7, 11) is 0. The highest BCUT2D eigenvalue weighted by Crippen LogP contribution is 2.28. The third-order valence-corrected chi connectivity index (χ3v) is 4.40. The van der Waals surface area contributed by atoms with E-state index in [9.17, 15) is 19.5 Å². The van der Waals surface area contributed by atoms with Crippen molar-refractivity contribution in [3.8, 4) is 0 Å². The number of benzene rings is 1. The van der Waals surface area contributed by atoms with Gasteiger partial charge in [-0.05, 0) is 37.0 Å². The van der Waals surface area contributed by atoms with Crippen LogP contribution in [0.1, 0.15) is 26.3 Å². The van der Waals surface area contributed by atoms with Gasteiger partial charge < -0.3 is 31.5 Å². The van der Waals surface area contributed by atoms with Gasteiger partial charge in [0.05, 0.1) is 12.6 Å². The molecule has 0 fully saturated rings. The number of rotatable bonds is 7. The van der Waals surface area contributed by atoms with Gasteiger partial charge in [0.1, 0.15) is 12.1 Å². The van der Waals surface area contributed by atoms with Crippen LogP contribution in [0.5, 0.6) is 0 Å². The third kappa shape index (κ3) is 5.33. The van der Waals surface area contributed by atoms with Gasteiger partial charge >= 0.3 is 6.09 Å². The molecule has 9 heteroatoms. The molecule has 1 aromatic carbocycles. The summed E-state index contributed by atoms with van der Waals surface area (Å²) in [4.78, 5) is 35.4. The normalized spacial score (nSPS) is 17.4. The average Bonchev–Trinajstić information content (AvgIpc) is 3.01. The fourth-order valence-corrected chi connectivity index (χ4v) is 2.90. The molecule has 0 bridgehead atoms. The summed E-state index contributed by atoms with van der Waals surface area (Å²) in [5.41, 5.74) is 2.48. The van der Waals surface area contributed by atoms with Crippen molar-refractivity contribution < 1.29 is 24.6 Å². The highest BCUT2D eigenvalue weighted by atomic mass is 16.4. The Kier molecular flexibility index (Phi) is 6.62. The van der Waals surface area contributed by atoms with E-state index in [2.05, 4.69) is 21.3 Å². The zero-order chi connectivity index (χ0) is 20.1. The van der Waals surface area contributed by atoms with Gasteiger partial charge in [0.2, 0.25) is 11.8 Å². The first-order chi connectivity index (χ1) is 12.7. The molecule has 9 nitrogen and oxygen atoms in total. The Labute approximate surface area is 157 Å². The minimum Gasteiger partial charge on any atom is -0.465 e. The number of carboxylic acid groups (broad SMARTS) is 1. The molecule has 0 aromatic heterocycles. The zero-order valence-electron chi connectivity index (χ0n) is 15.6. The van der Waals surface area contributed by atoms with Crippen molar-refractivity contribution in [1.29, 1.82) is 0 Å². The van der Waals surface area contributed by atoms with Crippen molar-refractivity contribution in [2.45, 2.75) is 45.3 Å². The molecule has 0 aliphatic carbocycles. The van der Waals surface area contributed by atoms with Crippen LogP contribution in [0.4, 0.5) is 16.2 Å². The van der Waals surface area contributed by atoms with E-state index in [0.29, 0.717) is 5.69 Å². The van der Waals surface area contributed by atoms with Crippen LogP contribution in [-0.2, 0) is 16.0 Å². The monoisotopic (exact) mass is 378 g/mol. The predicted molar refractivity (Wildman–Crippen MR) is 101 cm³/mol. The molecular formula is C18H26N4O5. The van der Waals surface area contributed by atoms with Crippen molar-refractivity contribution in [2.24, 2.45) is 5.92 Å². The molecule has 3 atom stereocenters. The molecular weight excluding hydrogens is 352 g/mol. The van der Waals surface area contributed by atoms with Gasteiger partial charge in [-0.25, -0.2) is 4.79 Å². The van der Waals surface area contributed by atoms with Gasteiger partial charge in [-0.1, -0.05) is 19.9 Å². The Morgan fingerprint density at radius 1 is 1.19 bits per heavy atom. The van der Waals surface area contributed by atoms with E-state index in [1.54, 1.807) is 26.0 Å². The molecule has 3 amide bonds. The Bertz CT molecular complexity index is 722. The highest BCUT2D eigenvalue weighted by Gasteiger charge is 2.27. The fraction of sp³-hybridized carbons (Fsp3) is 0.500. The molecule has 3 unspecified atom stereocenters. The van der Waals surface area contributed by atoms with Crippen molar-refractivity contribution in [2.75, 3.05) is 17.2 Å². The Balaban J connectivity index is 1.96. The average molecular weight is 378 g/mol. The summed E-state index contributed by atoms with van der Waals surface area (Å²) in [6.07, 6.45) is -0.576. The topological polar surface area (TPSA) is 140 Å². The van der Waals surface area contributed by atoms with E-state index in [-0.39, 0.29) is 18.6 Å². The van der Waals surface area contributed by atoms with E-state index in [1.807, 2.05) is 6.07 Å². The zero-order valence-corrected chi connectivity index (χ0v) is 15.6. The lowest BCUT2D eigenvalue weighted by molar-refractivity contribution is -0.128. The first-order valence-corrected chi connectivity index (χ1v) is 8.82. The van der Waals surface area contributed by atoms with Crippen molar-refractivity contribution in [1.82, 2.24) is 10.6 Å². The van der Waals surface area contributed by atoms with Crippen LogP contribution < -0.4 is 21.3 Å². The molecule has 0 spiro atoms. The number of fused-ring (bicyclic) bond motifs is 1. The number of hydrogen-bond acceptors (Lipinski definition) is 5. The highest BCUT2D eigenvalue weighted by molar-refractivity contribution is 5.98. The van der Waals surface area contributed by atoms with Gasteiger partial charge in [0.25, 0.3) is 0 Å². The molecule has 6 N–H and O–H groups in total. The molecule has 0 radical (unpaired) electrons. The van der Waals surface area contributed by atoms with E-state index >= 15 is 0 Å². The van der Waals surface area contributed by atoms with Crippen molar-refractivity contribution in [3.63, 3.8) is 0 Å². The maximum atomic E-state index is 12.4. The lowest BCUT2D eigenvalue weighted by atomic mass is 10.0. The minimum atomic E-state index is -1.30. The molecule has 1 aliphatic heterocycles. The summed E-state index contributed by atoms with van der Waals surface area (Å²) in [5, 5.41) is 28.7. The van der Waals surface area contributed by atoms with Gasteiger partial charge in [-0.2, -0.15) is 0 Å². The number of anilines is 2. The fourth-order valence-electron chi connectivity index (χ4n) is 2.90. The summed E-state index contributed by atoms with van der Waals surface area (Å²) < 4.78 is 0. The van der Waals surface area contributed by atoms with Crippen LogP contribution in [0.15, 0.2) is 18.2 Å². The lowest BCUT2D eigenvalue weighted by Crippen LogP contribution is -2.53. The lowest BCUT2D eigenvalue weighted by Gasteiger charge is -2.22. The quantitative estimate of drug-likeness (QED) is 0.414. The number of hydrogen-bond donors (Lipinski definition) is 6. The molecule has 0 saturated carbocycles. The largest absolute Gasteiger partial charge is 0.465 e. The number of carbonyl (C=O) groups excluding carboxylic acids is 2. The molecule has 1 aromatic rings. The molecule has 1 aliphatic rings. The van der Waals surface area contributed by atoms with Crippen LogP contribution >= 0.6 is 0 Å². The van der Waals surface area contributed by atoms with E-state index in [0.717, 1.165) is 17.7 Å². The van der Waals surface area contributed by atoms with Gasteiger partial charge in [0, 0.05) is 11.4 Å². The molecule has 27 heavy (non-hydrogen) atoms. The van der Waals surface area contributed by atoms with Crippen LogP contribution in [0.3, 0.4) is 0 Å². The number of amides is 3. The maximum absolute atomic E-state index is 12.4. The summed E-state index contributed by atoms with van der Waals surface area (Å²) in [6, 6.07) is 3.59. The standard InChI is InChI=1S/C18H26N4O5/c1-9(2)15(22-18(26)27)17(25)19-10(3)16(24)21-12-5-4-11-6-13(8-23)20-14(11)7-12/h4-5,7,9-10,13,15,20,22-23H,6,8H2,1-3H3,(H,19,25)(H,21,24)(H,26,27). The second kappa shape index (κ2) is 8.72. The van der Waals surface area contributed by atoms with Crippen LogP contribution in [0.25, 0.3) is 0 Å².